The predicted molar refractivity (Wildman–Crippen MR) is 77.8 cm³/mol. The summed E-state index contributed by atoms with van der Waals surface area (Å²) < 4.78 is 0. The molecule has 3 unspecified atom stereocenters. The van der Waals surface area contributed by atoms with Gasteiger partial charge in [-0.2, -0.15) is 0 Å². The first-order valence-electron chi connectivity index (χ1n) is 7.46. The van der Waals surface area contributed by atoms with E-state index in [1.54, 1.807) is 0 Å². The number of nitrogens with zero attached hydrogens (tertiary/aromatic N) is 1. The number of rotatable bonds is 6. The molecule has 0 spiro atoms. The second-order valence-corrected chi connectivity index (χ2v) is 6.69. The largest absolute Gasteiger partial charge is 0.394 e. The molecule has 2 N–H and O–H groups in total. The van der Waals surface area contributed by atoms with Crippen LogP contribution in [0.15, 0.2) is 0 Å². The van der Waals surface area contributed by atoms with Gasteiger partial charge in [-0.1, -0.05) is 13.8 Å². The highest BCUT2D eigenvalue weighted by atomic mass is 16.3. The lowest BCUT2D eigenvalue weighted by molar-refractivity contribution is 0.0493. The molecule has 1 aliphatic carbocycles. The minimum Gasteiger partial charge on any atom is -0.394 e. The third-order valence-electron chi connectivity index (χ3n) is 4.64. The molecule has 3 heteroatoms. The zero-order chi connectivity index (χ0) is 13.8. The number of aliphatic hydroxyl groups excluding tert-OH is 1. The Balaban J connectivity index is 2.60. The molecule has 1 aliphatic rings. The van der Waals surface area contributed by atoms with Gasteiger partial charge in [0, 0.05) is 18.1 Å². The van der Waals surface area contributed by atoms with Crippen molar-refractivity contribution in [2.45, 2.75) is 58.5 Å². The number of hydrogen-bond donors (Lipinski definition) is 2. The van der Waals surface area contributed by atoms with Crippen LogP contribution in [-0.4, -0.2) is 48.3 Å². The Bertz CT molecular complexity index is 243. The molecular weight excluding hydrogens is 224 g/mol. The van der Waals surface area contributed by atoms with Crippen LogP contribution in [0.2, 0.25) is 0 Å². The van der Waals surface area contributed by atoms with E-state index in [9.17, 15) is 5.11 Å². The molecule has 0 saturated heterocycles. The highest BCUT2D eigenvalue weighted by Gasteiger charge is 2.32. The topological polar surface area (TPSA) is 35.5 Å². The normalized spacial score (nSPS) is 29.8. The molecular formula is C15H32N2O. The van der Waals surface area contributed by atoms with Crippen molar-refractivity contribution in [3.8, 4) is 0 Å². The Hall–Kier alpha value is -0.120. The van der Waals surface area contributed by atoms with E-state index in [4.69, 9.17) is 0 Å². The zero-order valence-electron chi connectivity index (χ0n) is 12.9. The van der Waals surface area contributed by atoms with Crippen LogP contribution < -0.4 is 5.32 Å². The highest BCUT2D eigenvalue weighted by Crippen LogP contribution is 2.30. The van der Waals surface area contributed by atoms with E-state index >= 15 is 0 Å². The molecule has 0 amide bonds. The minimum absolute atomic E-state index is 0.114. The molecule has 0 aromatic carbocycles. The third-order valence-corrected chi connectivity index (χ3v) is 4.64. The summed E-state index contributed by atoms with van der Waals surface area (Å²) in [6, 6.07) is 0.656. The average Bonchev–Trinajstić information content (AvgIpc) is 2.32. The summed E-state index contributed by atoms with van der Waals surface area (Å²) in [6.07, 6.45) is 3.96. The fourth-order valence-electron chi connectivity index (χ4n) is 2.95. The molecule has 0 aliphatic heterocycles. The molecule has 1 rings (SSSR count). The zero-order valence-corrected chi connectivity index (χ0v) is 12.9. The quantitative estimate of drug-likeness (QED) is 0.764. The lowest BCUT2D eigenvalue weighted by atomic mass is 9.78. The van der Waals surface area contributed by atoms with Crippen LogP contribution in [0.25, 0.3) is 0 Å². The van der Waals surface area contributed by atoms with E-state index in [0.29, 0.717) is 12.0 Å². The van der Waals surface area contributed by atoms with E-state index in [1.807, 2.05) is 0 Å². The lowest BCUT2D eigenvalue weighted by Crippen LogP contribution is -2.51. The van der Waals surface area contributed by atoms with Gasteiger partial charge in [-0.05, 0) is 58.5 Å². The first kappa shape index (κ1) is 15.9. The molecule has 3 nitrogen and oxygen atoms in total. The van der Waals surface area contributed by atoms with Crippen LogP contribution in [0.1, 0.15) is 47.0 Å². The van der Waals surface area contributed by atoms with Crippen LogP contribution >= 0.6 is 0 Å². The summed E-state index contributed by atoms with van der Waals surface area (Å²) in [5.74, 6) is 1.56. The molecule has 0 aromatic rings. The van der Waals surface area contributed by atoms with Gasteiger partial charge >= 0.3 is 0 Å². The number of likely N-dealkylation sites (N-methyl/N-ethyl adjacent to an activating group) is 1. The van der Waals surface area contributed by atoms with Crippen molar-refractivity contribution >= 4 is 0 Å². The monoisotopic (exact) mass is 256 g/mol. The Labute approximate surface area is 113 Å². The van der Waals surface area contributed by atoms with Gasteiger partial charge in [0.1, 0.15) is 0 Å². The molecule has 3 atom stereocenters. The van der Waals surface area contributed by atoms with E-state index in [2.05, 4.69) is 45.0 Å². The van der Waals surface area contributed by atoms with Crippen LogP contribution in [-0.2, 0) is 0 Å². The molecule has 108 valence electrons. The third kappa shape index (κ3) is 4.22. The maximum Gasteiger partial charge on any atom is 0.0609 e. The Kier molecular flexibility index (Phi) is 6.09. The smallest absolute Gasteiger partial charge is 0.0609 e. The predicted octanol–water partition coefficient (Wildman–Crippen LogP) is 2.10. The summed E-state index contributed by atoms with van der Waals surface area (Å²) in [5.41, 5.74) is -0.114. The summed E-state index contributed by atoms with van der Waals surface area (Å²) in [6.45, 7) is 11.1. The van der Waals surface area contributed by atoms with Crippen molar-refractivity contribution < 1.29 is 5.11 Å². The van der Waals surface area contributed by atoms with Crippen molar-refractivity contribution in [1.29, 1.82) is 0 Å². The highest BCUT2D eigenvalue weighted by molar-refractivity contribution is 4.88. The molecule has 0 aromatic heterocycles. The van der Waals surface area contributed by atoms with Crippen molar-refractivity contribution in [2.75, 3.05) is 26.7 Å². The SMILES string of the molecule is CCNC1CCC(C)CC1CN(C)C(C)(C)CO. The van der Waals surface area contributed by atoms with E-state index in [-0.39, 0.29) is 12.1 Å². The lowest BCUT2D eigenvalue weighted by Gasteiger charge is -2.42. The first-order chi connectivity index (χ1) is 8.40. The van der Waals surface area contributed by atoms with Gasteiger partial charge in [0.05, 0.1) is 6.61 Å². The standard InChI is InChI=1S/C15H32N2O/c1-6-16-14-8-7-12(2)9-13(14)10-17(5)15(3,4)11-18/h12-14,16,18H,6-11H2,1-5H3. The Morgan fingerprint density at radius 1 is 1.33 bits per heavy atom. The van der Waals surface area contributed by atoms with Gasteiger partial charge in [-0.3, -0.25) is 4.90 Å². The van der Waals surface area contributed by atoms with Crippen LogP contribution in [0.5, 0.6) is 0 Å². The van der Waals surface area contributed by atoms with Gasteiger partial charge in [0.2, 0.25) is 0 Å². The number of aliphatic hydroxyl groups is 1. The number of hydrogen-bond acceptors (Lipinski definition) is 3. The van der Waals surface area contributed by atoms with Crippen molar-refractivity contribution in [3.63, 3.8) is 0 Å². The second-order valence-electron chi connectivity index (χ2n) is 6.69. The molecule has 1 saturated carbocycles. The molecule has 0 radical (unpaired) electrons. The first-order valence-corrected chi connectivity index (χ1v) is 7.46. The van der Waals surface area contributed by atoms with Gasteiger partial charge in [0.25, 0.3) is 0 Å². The van der Waals surface area contributed by atoms with E-state index in [1.165, 1.54) is 19.3 Å². The van der Waals surface area contributed by atoms with Crippen LogP contribution in [0, 0.1) is 11.8 Å². The molecule has 18 heavy (non-hydrogen) atoms. The summed E-state index contributed by atoms with van der Waals surface area (Å²) >= 11 is 0. The molecule has 1 fully saturated rings. The van der Waals surface area contributed by atoms with Crippen molar-refractivity contribution in [2.24, 2.45) is 11.8 Å². The summed E-state index contributed by atoms with van der Waals surface area (Å²) in [5, 5.41) is 13.1. The molecule has 0 bridgehead atoms. The minimum atomic E-state index is -0.114. The van der Waals surface area contributed by atoms with E-state index in [0.717, 1.165) is 19.0 Å². The second kappa shape index (κ2) is 6.88. The van der Waals surface area contributed by atoms with Crippen molar-refractivity contribution in [1.82, 2.24) is 10.2 Å². The van der Waals surface area contributed by atoms with Gasteiger partial charge in [-0.25, -0.2) is 0 Å². The van der Waals surface area contributed by atoms with E-state index < -0.39 is 0 Å². The average molecular weight is 256 g/mol. The fourth-order valence-corrected chi connectivity index (χ4v) is 2.95. The summed E-state index contributed by atoms with van der Waals surface area (Å²) in [4.78, 5) is 2.32. The van der Waals surface area contributed by atoms with Gasteiger partial charge < -0.3 is 10.4 Å². The maximum atomic E-state index is 9.46. The fraction of sp³-hybridized carbons (Fsp3) is 1.00. The van der Waals surface area contributed by atoms with Crippen LogP contribution in [0.4, 0.5) is 0 Å². The van der Waals surface area contributed by atoms with Gasteiger partial charge in [0.15, 0.2) is 0 Å². The van der Waals surface area contributed by atoms with Gasteiger partial charge in [-0.15, -0.1) is 0 Å². The summed E-state index contributed by atoms with van der Waals surface area (Å²) in [7, 11) is 2.14. The maximum absolute atomic E-state index is 9.46. The van der Waals surface area contributed by atoms with Crippen LogP contribution in [0.3, 0.4) is 0 Å². The number of nitrogens with one attached hydrogen (secondary N) is 1. The molecule has 0 heterocycles. The Morgan fingerprint density at radius 3 is 2.56 bits per heavy atom. The van der Waals surface area contributed by atoms with Crippen molar-refractivity contribution in [3.05, 3.63) is 0 Å². The Morgan fingerprint density at radius 2 is 2.00 bits per heavy atom.